The standard InChI is InChI=1S/C14H18N2OS/c1-9(13(15)18)16(2)14(17)12-8-11(12)10-6-4-3-5-7-10/h3-7,9,11-12H,8H2,1-2H3,(H2,15,18). The minimum Gasteiger partial charge on any atom is -0.392 e. The molecule has 0 radical (unpaired) electrons. The van der Waals surface area contributed by atoms with Crippen LogP contribution in [0.15, 0.2) is 30.3 Å². The quantitative estimate of drug-likeness (QED) is 0.843. The number of likely N-dealkylation sites (N-methyl/N-ethyl adjacent to an activating group) is 1. The van der Waals surface area contributed by atoms with Crippen molar-refractivity contribution in [3.05, 3.63) is 35.9 Å². The van der Waals surface area contributed by atoms with E-state index in [9.17, 15) is 4.79 Å². The van der Waals surface area contributed by atoms with Crippen molar-refractivity contribution in [2.24, 2.45) is 11.7 Å². The maximum Gasteiger partial charge on any atom is 0.226 e. The number of hydrogen-bond donors (Lipinski definition) is 1. The first-order chi connectivity index (χ1) is 8.52. The molecule has 0 heterocycles. The zero-order valence-corrected chi connectivity index (χ0v) is 11.5. The Kier molecular flexibility index (Phi) is 3.66. The van der Waals surface area contributed by atoms with Crippen molar-refractivity contribution in [2.75, 3.05) is 7.05 Å². The Labute approximate surface area is 113 Å². The van der Waals surface area contributed by atoms with Crippen LogP contribution in [0.2, 0.25) is 0 Å². The molecule has 1 amide bonds. The molecule has 0 aliphatic heterocycles. The van der Waals surface area contributed by atoms with Gasteiger partial charge in [-0.05, 0) is 24.8 Å². The molecule has 1 aromatic rings. The highest BCUT2D eigenvalue weighted by Crippen LogP contribution is 2.48. The first-order valence-corrected chi connectivity index (χ1v) is 6.54. The van der Waals surface area contributed by atoms with Gasteiger partial charge in [0.25, 0.3) is 0 Å². The number of carbonyl (C=O) groups excluding carboxylic acids is 1. The lowest BCUT2D eigenvalue weighted by Gasteiger charge is -2.24. The molecular formula is C14H18N2OS. The number of thiocarbonyl (C=S) groups is 1. The number of rotatable bonds is 4. The maximum atomic E-state index is 12.2. The van der Waals surface area contributed by atoms with E-state index in [1.807, 2.05) is 25.1 Å². The van der Waals surface area contributed by atoms with E-state index in [2.05, 4.69) is 12.1 Å². The van der Waals surface area contributed by atoms with Gasteiger partial charge in [-0.25, -0.2) is 0 Å². The van der Waals surface area contributed by atoms with Gasteiger partial charge >= 0.3 is 0 Å². The van der Waals surface area contributed by atoms with Gasteiger partial charge < -0.3 is 10.6 Å². The molecule has 18 heavy (non-hydrogen) atoms. The fraction of sp³-hybridized carbons (Fsp3) is 0.429. The molecule has 1 saturated carbocycles. The van der Waals surface area contributed by atoms with E-state index in [0.717, 1.165) is 6.42 Å². The maximum absolute atomic E-state index is 12.2. The van der Waals surface area contributed by atoms with Crippen LogP contribution in [0.5, 0.6) is 0 Å². The van der Waals surface area contributed by atoms with E-state index in [-0.39, 0.29) is 17.9 Å². The highest BCUT2D eigenvalue weighted by molar-refractivity contribution is 7.80. The molecule has 0 saturated heterocycles. The molecular weight excluding hydrogens is 244 g/mol. The third-order valence-electron chi connectivity index (χ3n) is 3.68. The number of benzene rings is 1. The minimum atomic E-state index is -0.176. The first kappa shape index (κ1) is 13.0. The summed E-state index contributed by atoms with van der Waals surface area (Å²) in [6.45, 7) is 1.86. The molecule has 0 spiro atoms. The van der Waals surface area contributed by atoms with Gasteiger partial charge in [0.05, 0.1) is 11.0 Å². The largest absolute Gasteiger partial charge is 0.392 e. The molecule has 4 heteroatoms. The van der Waals surface area contributed by atoms with Crippen LogP contribution in [-0.4, -0.2) is 28.9 Å². The molecule has 1 aliphatic carbocycles. The fourth-order valence-electron chi connectivity index (χ4n) is 2.18. The summed E-state index contributed by atoms with van der Waals surface area (Å²) in [7, 11) is 1.77. The molecule has 3 atom stereocenters. The smallest absolute Gasteiger partial charge is 0.226 e. The SMILES string of the molecule is CC(C(N)=S)N(C)C(=O)C1CC1c1ccccc1. The van der Waals surface area contributed by atoms with E-state index in [0.29, 0.717) is 10.9 Å². The van der Waals surface area contributed by atoms with Crippen molar-refractivity contribution < 1.29 is 4.79 Å². The van der Waals surface area contributed by atoms with Crippen LogP contribution in [0.1, 0.15) is 24.8 Å². The summed E-state index contributed by atoms with van der Waals surface area (Å²) in [6.07, 6.45) is 0.928. The Balaban J connectivity index is 1.99. The predicted octanol–water partition coefficient (Wildman–Crippen LogP) is 1.92. The van der Waals surface area contributed by atoms with Gasteiger partial charge in [-0.15, -0.1) is 0 Å². The van der Waals surface area contributed by atoms with Crippen molar-refractivity contribution in [1.82, 2.24) is 4.90 Å². The van der Waals surface area contributed by atoms with Crippen molar-refractivity contribution in [1.29, 1.82) is 0 Å². The zero-order chi connectivity index (χ0) is 13.3. The van der Waals surface area contributed by atoms with Gasteiger partial charge in [-0.1, -0.05) is 42.5 Å². The number of nitrogens with zero attached hydrogens (tertiary/aromatic N) is 1. The van der Waals surface area contributed by atoms with Crippen molar-refractivity contribution >= 4 is 23.1 Å². The van der Waals surface area contributed by atoms with E-state index in [1.54, 1.807) is 11.9 Å². The first-order valence-electron chi connectivity index (χ1n) is 6.13. The monoisotopic (exact) mass is 262 g/mol. The molecule has 3 unspecified atom stereocenters. The predicted molar refractivity (Wildman–Crippen MR) is 76.3 cm³/mol. The third-order valence-corrected chi connectivity index (χ3v) is 4.02. The van der Waals surface area contributed by atoms with Crippen LogP contribution in [0, 0.1) is 5.92 Å². The highest BCUT2D eigenvalue weighted by Gasteiger charge is 2.45. The van der Waals surface area contributed by atoms with E-state index in [1.165, 1.54) is 5.56 Å². The fourth-order valence-corrected chi connectivity index (χ4v) is 2.34. The number of nitrogens with two attached hydrogens (primary N) is 1. The Morgan fingerprint density at radius 3 is 2.61 bits per heavy atom. The molecule has 0 aromatic heterocycles. The Bertz CT molecular complexity index is 460. The Morgan fingerprint density at radius 2 is 2.06 bits per heavy atom. The van der Waals surface area contributed by atoms with Crippen LogP contribution >= 0.6 is 12.2 Å². The van der Waals surface area contributed by atoms with Gasteiger partial charge in [0, 0.05) is 13.0 Å². The van der Waals surface area contributed by atoms with Crippen molar-refractivity contribution in [2.45, 2.75) is 25.3 Å². The lowest BCUT2D eigenvalue weighted by atomic mass is 10.1. The van der Waals surface area contributed by atoms with Gasteiger partial charge in [0.1, 0.15) is 0 Å². The van der Waals surface area contributed by atoms with E-state index in [4.69, 9.17) is 18.0 Å². The van der Waals surface area contributed by atoms with Crippen molar-refractivity contribution in [3.63, 3.8) is 0 Å². The van der Waals surface area contributed by atoms with Gasteiger partial charge in [-0.2, -0.15) is 0 Å². The zero-order valence-electron chi connectivity index (χ0n) is 10.7. The molecule has 2 rings (SSSR count). The second-order valence-electron chi connectivity index (χ2n) is 4.89. The molecule has 2 N–H and O–H groups in total. The third kappa shape index (κ3) is 2.53. The summed E-state index contributed by atoms with van der Waals surface area (Å²) in [5, 5.41) is 0. The highest BCUT2D eigenvalue weighted by atomic mass is 32.1. The molecule has 0 bridgehead atoms. The summed E-state index contributed by atoms with van der Waals surface area (Å²) in [6, 6.07) is 9.99. The summed E-state index contributed by atoms with van der Waals surface area (Å²) in [4.78, 5) is 14.3. The molecule has 1 fully saturated rings. The summed E-state index contributed by atoms with van der Waals surface area (Å²) < 4.78 is 0. The topological polar surface area (TPSA) is 46.3 Å². The van der Waals surface area contributed by atoms with Crippen LogP contribution in [-0.2, 0) is 4.79 Å². The summed E-state index contributed by atoms with van der Waals surface area (Å²) in [5.41, 5.74) is 6.82. The van der Waals surface area contributed by atoms with Crippen LogP contribution in [0.3, 0.4) is 0 Å². The molecule has 96 valence electrons. The van der Waals surface area contributed by atoms with Crippen LogP contribution < -0.4 is 5.73 Å². The van der Waals surface area contributed by atoms with E-state index < -0.39 is 0 Å². The average molecular weight is 262 g/mol. The normalized spacial score (nSPS) is 23.2. The number of carbonyl (C=O) groups is 1. The molecule has 1 aromatic carbocycles. The Morgan fingerprint density at radius 1 is 1.44 bits per heavy atom. The van der Waals surface area contributed by atoms with Gasteiger partial charge in [0.15, 0.2) is 0 Å². The lowest BCUT2D eigenvalue weighted by Crippen LogP contribution is -2.43. The molecule has 1 aliphatic rings. The van der Waals surface area contributed by atoms with Crippen LogP contribution in [0.25, 0.3) is 0 Å². The minimum absolute atomic E-state index is 0.0919. The van der Waals surface area contributed by atoms with Crippen molar-refractivity contribution in [3.8, 4) is 0 Å². The second kappa shape index (κ2) is 5.06. The lowest BCUT2D eigenvalue weighted by molar-refractivity contribution is -0.132. The molecule has 3 nitrogen and oxygen atoms in total. The number of amides is 1. The van der Waals surface area contributed by atoms with E-state index >= 15 is 0 Å². The summed E-state index contributed by atoms with van der Waals surface area (Å²) in [5.74, 6) is 0.595. The summed E-state index contributed by atoms with van der Waals surface area (Å²) >= 11 is 4.93. The van der Waals surface area contributed by atoms with Gasteiger partial charge in [0.2, 0.25) is 5.91 Å². The second-order valence-corrected chi connectivity index (χ2v) is 5.36. The average Bonchev–Trinajstić information content (AvgIpc) is 3.17. The van der Waals surface area contributed by atoms with Crippen LogP contribution in [0.4, 0.5) is 0 Å². The number of hydrogen-bond acceptors (Lipinski definition) is 2. The van der Waals surface area contributed by atoms with Gasteiger partial charge in [-0.3, -0.25) is 4.79 Å². The Hall–Kier alpha value is -1.42.